The first-order chi connectivity index (χ1) is 13.0. The Morgan fingerprint density at radius 3 is 2.44 bits per heavy atom. The smallest absolute Gasteiger partial charge is 0.251 e. The van der Waals surface area contributed by atoms with Gasteiger partial charge in [0.1, 0.15) is 0 Å². The predicted molar refractivity (Wildman–Crippen MR) is 105 cm³/mol. The van der Waals surface area contributed by atoms with Crippen LogP contribution in [0.3, 0.4) is 0 Å². The number of nitrogens with zero attached hydrogens (tertiary/aromatic N) is 2. The third kappa shape index (κ3) is 5.28. The molecule has 0 fully saturated rings. The van der Waals surface area contributed by atoms with Crippen LogP contribution in [0.1, 0.15) is 27.0 Å². The van der Waals surface area contributed by atoms with Crippen LogP contribution < -0.4 is 10.6 Å². The molecule has 0 saturated heterocycles. The largest absolute Gasteiger partial charge is 0.343 e. The average Bonchev–Trinajstić information content (AvgIpc) is 3.06. The molecule has 0 bridgehead atoms. The topological polar surface area (TPSA) is 76.0 Å². The van der Waals surface area contributed by atoms with Gasteiger partial charge in [-0.25, -0.2) is 0 Å². The highest BCUT2D eigenvalue weighted by atomic mass is 16.2. The Kier molecular flexibility index (Phi) is 5.66. The van der Waals surface area contributed by atoms with Gasteiger partial charge in [0.25, 0.3) is 5.91 Å². The summed E-state index contributed by atoms with van der Waals surface area (Å²) in [6.07, 6.45) is 3.35. The monoisotopic (exact) mass is 362 g/mol. The molecule has 0 aliphatic heterocycles. The van der Waals surface area contributed by atoms with E-state index in [4.69, 9.17) is 0 Å². The Labute approximate surface area is 158 Å². The third-order valence-electron chi connectivity index (χ3n) is 4.00. The summed E-state index contributed by atoms with van der Waals surface area (Å²) in [5.74, 6) is -0.566. The summed E-state index contributed by atoms with van der Waals surface area (Å²) in [5.41, 5.74) is 4.29. The summed E-state index contributed by atoms with van der Waals surface area (Å²) in [6.45, 7) is 4.39. The molecule has 3 aromatic rings. The molecule has 1 aromatic heterocycles. The quantitative estimate of drug-likeness (QED) is 0.708. The summed E-state index contributed by atoms with van der Waals surface area (Å²) in [5, 5.41) is 9.62. The first kappa shape index (κ1) is 18.4. The molecular weight excluding hydrogens is 340 g/mol. The van der Waals surface area contributed by atoms with Crippen molar-refractivity contribution in [3.05, 3.63) is 83.2 Å². The highest BCUT2D eigenvalue weighted by molar-refractivity contribution is 5.99. The number of aromatic nitrogens is 2. The van der Waals surface area contributed by atoms with E-state index < -0.39 is 0 Å². The first-order valence-corrected chi connectivity index (χ1v) is 8.72. The summed E-state index contributed by atoms with van der Waals surface area (Å²) in [4.78, 5) is 24.3. The lowest BCUT2D eigenvalue weighted by atomic mass is 10.1. The molecule has 3 rings (SSSR count). The van der Waals surface area contributed by atoms with Crippen molar-refractivity contribution < 1.29 is 9.59 Å². The van der Waals surface area contributed by atoms with Gasteiger partial charge in [-0.2, -0.15) is 5.10 Å². The van der Waals surface area contributed by atoms with Crippen LogP contribution in [0.4, 0.5) is 5.69 Å². The van der Waals surface area contributed by atoms with Crippen LogP contribution in [0.5, 0.6) is 0 Å². The van der Waals surface area contributed by atoms with Crippen LogP contribution >= 0.6 is 0 Å². The van der Waals surface area contributed by atoms with E-state index in [2.05, 4.69) is 15.7 Å². The minimum absolute atomic E-state index is 0.101. The van der Waals surface area contributed by atoms with E-state index in [1.807, 2.05) is 50.2 Å². The van der Waals surface area contributed by atoms with Crippen molar-refractivity contribution in [2.75, 3.05) is 11.9 Å². The molecule has 0 spiro atoms. The molecule has 6 heteroatoms. The Balaban J connectivity index is 1.51. The van der Waals surface area contributed by atoms with E-state index >= 15 is 0 Å². The standard InChI is InChI=1S/C21H22N4O2/c1-15-8-16(2)10-18(9-15)21(27)22-12-20(26)24-19-11-23-25(14-19)13-17-6-4-3-5-7-17/h3-11,14H,12-13H2,1-2H3,(H,22,27)(H,24,26). The van der Waals surface area contributed by atoms with Crippen molar-refractivity contribution in [3.8, 4) is 0 Å². The minimum atomic E-state index is -0.299. The number of anilines is 1. The minimum Gasteiger partial charge on any atom is -0.343 e. The van der Waals surface area contributed by atoms with Gasteiger partial charge in [-0.1, -0.05) is 47.5 Å². The molecule has 138 valence electrons. The van der Waals surface area contributed by atoms with Crippen LogP contribution in [0.15, 0.2) is 60.9 Å². The summed E-state index contributed by atoms with van der Waals surface area (Å²) in [7, 11) is 0. The lowest BCUT2D eigenvalue weighted by Gasteiger charge is -2.07. The number of amides is 2. The van der Waals surface area contributed by atoms with Gasteiger partial charge in [-0.15, -0.1) is 0 Å². The fourth-order valence-corrected chi connectivity index (χ4v) is 2.86. The maximum atomic E-state index is 12.2. The number of hydrogen-bond donors (Lipinski definition) is 2. The number of carbonyl (C=O) groups is 2. The Hall–Kier alpha value is -3.41. The summed E-state index contributed by atoms with van der Waals surface area (Å²) < 4.78 is 1.75. The molecule has 0 aliphatic carbocycles. The molecule has 1 heterocycles. The van der Waals surface area contributed by atoms with Gasteiger partial charge in [0.05, 0.1) is 25.0 Å². The van der Waals surface area contributed by atoms with Crippen molar-refractivity contribution in [2.24, 2.45) is 0 Å². The van der Waals surface area contributed by atoms with Gasteiger partial charge in [0, 0.05) is 11.8 Å². The Morgan fingerprint density at radius 1 is 1.04 bits per heavy atom. The zero-order valence-electron chi connectivity index (χ0n) is 15.4. The molecular formula is C21H22N4O2. The van der Waals surface area contributed by atoms with E-state index in [0.29, 0.717) is 17.8 Å². The molecule has 2 N–H and O–H groups in total. The molecule has 0 aliphatic rings. The van der Waals surface area contributed by atoms with Crippen molar-refractivity contribution in [2.45, 2.75) is 20.4 Å². The zero-order valence-corrected chi connectivity index (χ0v) is 15.4. The fraction of sp³-hybridized carbons (Fsp3) is 0.190. The molecule has 0 atom stereocenters. The van der Waals surface area contributed by atoms with Gasteiger partial charge in [-0.3, -0.25) is 14.3 Å². The van der Waals surface area contributed by atoms with Crippen LogP contribution in [-0.4, -0.2) is 28.1 Å². The van der Waals surface area contributed by atoms with Crippen LogP contribution in [0.2, 0.25) is 0 Å². The maximum absolute atomic E-state index is 12.2. The maximum Gasteiger partial charge on any atom is 0.251 e. The molecule has 6 nitrogen and oxygen atoms in total. The van der Waals surface area contributed by atoms with Gasteiger partial charge in [0.15, 0.2) is 0 Å². The second kappa shape index (κ2) is 8.31. The van der Waals surface area contributed by atoms with Gasteiger partial charge < -0.3 is 10.6 Å². The Bertz CT molecular complexity index is 928. The van der Waals surface area contributed by atoms with Gasteiger partial charge in [0.2, 0.25) is 5.91 Å². The predicted octanol–water partition coefficient (Wildman–Crippen LogP) is 2.92. The Morgan fingerprint density at radius 2 is 1.74 bits per heavy atom. The fourth-order valence-electron chi connectivity index (χ4n) is 2.86. The highest BCUT2D eigenvalue weighted by Gasteiger charge is 2.10. The number of aryl methyl sites for hydroxylation is 2. The van der Waals surface area contributed by atoms with E-state index in [1.165, 1.54) is 0 Å². The number of hydrogen-bond acceptors (Lipinski definition) is 3. The van der Waals surface area contributed by atoms with Crippen LogP contribution in [-0.2, 0) is 11.3 Å². The molecule has 2 amide bonds. The summed E-state index contributed by atoms with van der Waals surface area (Å²) in [6, 6.07) is 15.5. The molecule has 0 unspecified atom stereocenters. The normalized spacial score (nSPS) is 10.4. The molecule has 2 aromatic carbocycles. The van der Waals surface area contributed by atoms with Crippen LogP contribution in [0.25, 0.3) is 0 Å². The number of carbonyl (C=O) groups excluding carboxylic acids is 2. The third-order valence-corrected chi connectivity index (χ3v) is 4.00. The molecule has 27 heavy (non-hydrogen) atoms. The average molecular weight is 362 g/mol. The number of nitrogens with one attached hydrogen (secondary N) is 2. The second-order valence-electron chi connectivity index (χ2n) is 6.52. The lowest BCUT2D eigenvalue weighted by Crippen LogP contribution is -2.32. The van der Waals surface area contributed by atoms with Gasteiger partial charge >= 0.3 is 0 Å². The van der Waals surface area contributed by atoms with Gasteiger partial charge in [-0.05, 0) is 31.5 Å². The van der Waals surface area contributed by atoms with Crippen molar-refractivity contribution >= 4 is 17.5 Å². The number of benzene rings is 2. The first-order valence-electron chi connectivity index (χ1n) is 8.72. The SMILES string of the molecule is Cc1cc(C)cc(C(=O)NCC(=O)Nc2cnn(Cc3ccccc3)c2)c1. The van der Waals surface area contributed by atoms with Crippen molar-refractivity contribution in [3.63, 3.8) is 0 Å². The molecule has 0 radical (unpaired) electrons. The second-order valence-corrected chi connectivity index (χ2v) is 6.52. The van der Waals surface area contributed by atoms with E-state index in [0.717, 1.165) is 16.7 Å². The summed E-state index contributed by atoms with van der Waals surface area (Å²) >= 11 is 0. The van der Waals surface area contributed by atoms with Crippen molar-refractivity contribution in [1.29, 1.82) is 0 Å². The zero-order chi connectivity index (χ0) is 19.2. The number of rotatable bonds is 6. The van der Waals surface area contributed by atoms with Crippen LogP contribution in [0, 0.1) is 13.8 Å². The highest BCUT2D eigenvalue weighted by Crippen LogP contribution is 2.09. The lowest BCUT2D eigenvalue weighted by molar-refractivity contribution is -0.115. The van der Waals surface area contributed by atoms with E-state index in [9.17, 15) is 9.59 Å². The van der Waals surface area contributed by atoms with E-state index in [1.54, 1.807) is 29.2 Å². The van der Waals surface area contributed by atoms with Crippen molar-refractivity contribution in [1.82, 2.24) is 15.1 Å². The van der Waals surface area contributed by atoms with E-state index in [-0.39, 0.29) is 18.4 Å². The molecule has 0 saturated carbocycles.